The lowest BCUT2D eigenvalue weighted by molar-refractivity contribution is -0.387. The topological polar surface area (TPSA) is 142 Å². The van der Waals surface area contributed by atoms with E-state index in [0.717, 1.165) is 41.6 Å². The molecule has 10 rings (SSSR count). The van der Waals surface area contributed by atoms with Crippen LogP contribution in [0.1, 0.15) is 45.5 Å². The van der Waals surface area contributed by atoms with Gasteiger partial charge in [-0.1, -0.05) is 24.3 Å². The van der Waals surface area contributed by atoms with E-state index in [1.807, 2.05) is 42.5 Å². The van der Waals surface area contributed by atoms with Gasteiger partial charge < -0.3 is 28.4 Å². The van der Waals surface area contributed by atoms with Crippen molar-refractivity contribution in [3.63, 3.8) is 0 Å². The summed E-state index contributed by atoms with van der Waals surface area (Å²) in [6.45, 7) is 1.09. The van der Waals surface area contributed by atoms with Crippen molar-refractivity contribution < 1.29 is 41.8 Å². The van der Waals surface area contributed by atoms with Gasteiger partial charge >= 0.3 is 0 Å². The molecule has 0 aliphatic carbocycles. The first-order chi connectivity index (χ1) is 28.0. The van der Waals surface area contributed by atoms with Crippen LogP contribution in [0, 0.1) is 10.1 Å². The van der Waals surface area contributed by atoms with E-state index in [1.165, 1.54) is 42.9 Å². The predicted octanol–water partition coefficient (Wildman–Crippen LogP) is 7.56. The van der Waals surface area contributed by atoms with Crippen molar-refractivity contribution in [1.29, 1.82) is 0 Å². The number of methoxy groups -OCH3 is 4. The summed E-state index contributed by atoms with van der Waals surface area (Å²) in [6.07, 6.45) is 2.23. The summed E-state index contributed by atoms with van der Waals surface area (Å²) in [6, 6.07) is 22.0. The lowest BCUT2D eigenvalue weighted by atomic mass is 9.86. The monoisotopic (exact) mass is 806 g/mol. The third-order valence-corrected chi connectivity index (χ3v) is 13.4. The molecule has 0 aromatic heterocycles. The number of ether oxygens (including phenoxy) is 6. The lowest BCUT2D eigenvalue weighted by Crippen LogP contribution is -2.54. The number of nitro groups is 1. The molecule has 14 nitrogen and oxygen atoms in total. The second-order valence-corrected chi connectivity index (χ2v) is 16.5. The molecule has 0 fully saturated rings. The first-order valence-corrected chi connectivity index (χ1v) is 20.4. The van der Waals surface area contributed by atoms with Crippen LogP contribution in [0.4, 0.5) is 11.4 Å². The Labute approximate surface area is 336 Å². The number of likely N-dealkylation sites (N-methyl/N-ethyl adjacent to an activating group) is 1. The number of hydrogen-bond acceptors (Lipinski definition) is 12. The number of sulfonamides is 1. The number of hydrogen-bond donors (Lipinski definition) is 0. The second kappa shape index (κ2) is 14.4. The van der Waals surface area contributed by atoms with E-state index in [1.54, 1.807) is 31.4 Å². The standard InChI is InChI=1S/C43H42N4O10S/c1-44-16-14-26-20-35(52-2)38-23-30(26)33(44)18-25-10-12-29(13-11-25)56-37-22-28-19-34-41-27(21-39(54-4)42(55-5)43(41)57-38)15-17-45(34)46(32(28)24-36(37)53-3)58(50,51)40-9-7-6-8-31(40)47(48)49/h6-13,20-24,33-34H,14-19H2,1-5H3/t33-,34-/m0/s1. The fourth-order valence-corrected chi connectivity index (χ4v) is 10.6. The van der Waals surface area contributed by atoms with Crippen molar-refractivity contribution in [1.82, 2.24) is 9.91 Å². The van der Waals surface area contributed by atoms with Crippen LogP contribution in [0.15, 0.2) is 83.8 Å². The van der Waals surface area contributed by atoms with E-state index in [4.69, 9.17) is 28.4 Å². The number of nitro benzene ring substituents is 1. The van der Waals surface area contributed by atoms with Gasteiger partial charge in [-0.2, -0.15) is 17.8 Å². The van der Waals surface area contributed by atoms with Crippen LogP contribution in [-0.2, 0) is 35.7 Å². The smallest absolute Gasteiger partial charge is 0.289 e. The highest BCUT2D eigenvalue weighted by molar-refractivity contribution is 7.92. The summed E-state index contributed by atoms with van der Waals surface area (Å²) in [4.78, 5) is 13.5. The van der Waals surface area contributed by atoms with Crippen LogP contribution in [0.2, 0.25) is 0 Å². The Morgan fingerprint density at radius 1 is 0.741 bits per heavy atom. The van der Waals surface area contributed by atoms with Gasteiger partial charge in [0.25, 0.3) is 15.7 Å². The number of nitrogens with zero attached hydrogens (tertiary/aromatic N) is 4. The van der Waals surface area contributed by atoms with Gasteiger partial charge in [-0.25, -0.2) is 0 Å². The van der Waals surface area contributed by atoms with E-state index in [2.05, 4.69) is 11.9 Å². The Morgan fingerprint density at radius 2 is 1.43 bits per heavy atom. The van der Waals surface area contributed by atoms with Crippen molar-refractivity contribution in [2.75, 3.05) is 53.0 Å². The minimum Gasteiger partial charge on any atom is -0.493 e. The fourth-order valence-electron chi connectivity index (χ4n) is 8.86. The van der Waals surface area contributed by atoms with Gasteiger partial charge in [0.05, 0.1) is 45.1 Å². The quantitative estimate of drug-likeness (QED) is 0.118. The minimum atomic E-state index is -4.65. The van der Waals surface area contributed by atoms with Crippen molar-refractivity contribution in [3.05, 3.63) is 122 Å². The van der Waals surface area contributed by atoms with Gasteiger partial charge in [0.2, 0.25) is 5.75 Å². The van der Waals surface area contributed by atoms with E-state index >= 15 is 8.42 Å². The molecule has 0 N–H and O–H groups in total. The zero-order valence-electron chi connectivity index (χ0n) is 32.7. The Bertz CT molecular complexity index is 2580. The number of rotatable bonds is 7. The molecule has 5 aromatic rings. The van der Waals surface area contributed by atoms with Crippen LogP contribution >= 0.6 is 0 Å². The molecular formula is C43H42N4O10S. The number of hydrazine groups is 1. The fraction of sp³-hybridized carbons (Fsp3) is 0.302. The Morgan fingerprint density at radius 3 is 2.16 bits per heavy atom. The van der Waals surface area contributed by atoms with Gasteiger partial charge in [0.15, 0.2) is 39.4 Å². The summed E-state index contributed by atoms with van der Waals surface area (Å²) in [5.74, 6) is 3.35. The summed E-state index contributed by atoms with van der Waals surface area (Å²) in [7, 11) is 3.67. The zero-order valence-corrected chi connectivity index (χ0v) is 33.5. The van der Waals surface area contributed by atoms with Crippen LogP contribution in [0.25, 0.3) is 0 Å². The maximum Gasteiger partial charge on any atom is 0.289 e. The molecule has 2 atom stereocenters. The van der Waals surface area contributed by atoms with Crippen LogP contribution < -0.4 is 32.8 Å². The molecule has 300 valence electrons. The summed E-state index contributed by atoms with van der Waals surface area (Å²) in [5.41, 5.74) is 5.26. The van der Waals surface area contributed by atoms with Gasteiger partial charge in [-0.3, -0.25) is 15.0 Å². The van der Waals surface area contributed by atoms with Crippen molar-refractivity contribution in [2.24, 2.45) is 0 Å². The summed E-state index contributed by atoms with van der Waals surface area (Å²) in [5, 5.41) is 14.0. The molecule has 58 heavy (non-hydrogen) atoms. The molecule has 7 bridgehead atoms. The van der Waals surface area contributed by atoms with E-state index in [-0.39, 0.29) is 24.0 Å². The molecule has 5 aliphatic rings. The molecule has 0 saturated heterocycles. The molecule has 5 aromatic carbocycles. The van der Waals surface area contributed by atoms with Crippen molar-refractivity contribution in [3.8, 4) is 46.0 Å². The number of anilines is 1. The first kappa shape index (κ1) is 37.5. The third kappa shape index (κ3) is 6.03. The van der Waals surface area contributed by atoms with Gasteiger partial charge in [-0.15, -0.1) is 0 Å². The van der Waals surface area contributed by atoms with Crippen LogP contribution in [0.3, 0.4) is 0 Å². The highest BCUT2D eigenvalue weighted by Gasteiger charge is 2.47. The Kier molecular flexibility index (Phi) is 9.33. The molecule has 0 saturated carbocycles. The molecule has 5 aliphatic heterocycles. The molecule has 0 amide bonds. The molecule has 0 spiro atoms. The summed E-state index contributed by atoms with van der Waals surface area (Å²) >= 11 is 0. The second-order valence-electron chi connectivity index (χ2n) is 14.8. The molecule has 5 heterocycles. The zero-order chi connectivity index (χ0) is 40.5. The van der Waals surface area contributed by atoms with Crippen LogP contribution in [0.5, 0.6) is 46.0 Å². The van der Waals surface area contributed by atoms with Crippen LogP contribution in [-0.4, -0.2) is 71.8 Å². The first-order valence-electron chi connectivity index (χ1n) is 18.9. The largest absolute Gasteiger partial charge is 0.493 e. The SMILES string of the molecule is COc1cc2c3cc1Oc1ccc(cc1)C[C@H]1c4cc(c(OC)cc4CCN1C)Oc1c(OC)c(OC)cc4c1[C@H](C3)N(CC4)N2S(=O)(=O)c1ccccc1[N+](=O)[O-]. The highest BCUT2D eigenvalue weighted by atomic mass is 32.2. The number of para-hydroxylation sites is 1. The van der Waals surface area contributed by atoms with Gasteiger partial charge in [0.1, 0.15) is 5.75 Å². The molecule has 0 unspecified atom stereocenters. The highest BCUT2D eigenvalue weighted by Crippen LogP contribution is 2.55. The minimum absolute atomic E-state index is 0.0219. The average Bonchev–Trinajstić information content (AvgIpc) is 3.23. The van der Waals surface area contributed by atoms with Gasteiger partial charge in [-0.05, 0) is 103 Å². The average molecular weight is 807 g/mol. The van der Waals surface area contributed by atoms with E-state index in [9.17, 15) is 10.1 Å². The normalized spacial score (nSPS) is 18.4. The maximum absolute atomic E-state index is 15.1. The van der Waals surface area contributed by atoms with E-state index in [0.29, 0.717) is 64.2 Å². The van der Waals surface area contributed by atoms with Gasteiger partial charge in [0, 0.05) is 36.8 Å². The Hall–Kier alpha value is -6.03. The molecular weight excluding hydrogens is 765 g/mol. The van der Waals surface area contributed by atoms with Crippen molar-refractivity contribution >= 4 is 21.4 Å². The molecule has 15 heteroatoms. The lowest BCUT2D eigenvalue weighted by Gasteiger charge is -2.48. The Balaban J connectivity index is 1.33. The maximum atomic E-state index is 15.1. The number of benzene rings is 5. The number of fused-ring (bicyclic) bond motifs is 2. The summed E-state index contributed by atoms with van der Waals surface area (Å²) < 4.78 is 68.7. The van der Waals surface area contributed by atoms with Crippen molar-refractivity contribution in [2.45, 2.75) is 42.7 Å². The predicted molar refractivity (Wildman–Crippen MR) is 215 cm³/mol. The van der Waals surface area contributed by atoms with E-state index < -0.39 is 31.6 Å². The third-order valence-electron chi connectivity index (χ3n) is 11.7. The molecule has 0 radical (unpaired) electrons.